The van der Waals surface area contributed by atoms with E-state index in [1.165, 1.54) is 0 Å². The number of amides is 2. The molecule has 1 fully saturated rings. The summed E-state index contributed by atoms with van der Waals surface area (Å²) >= 11 is 1.64. The van der Waals surface area contributed by atoms with E-state index in [9.17, 15) is 9.59 Å². The third-order valence-corrected chi connectivity index (χ3v) is 5.17. The molecule has 2 amide bonds. The molecule has 0 saturated carbocycles. The molecule has 1 saturated heterocycles. The fraction of sp³-hybridized carbons (Fsp3) is 0.706. The highest BCUT2D eigenvalue weighted by Gasteiger charge is 2.27. The molecule has 0 aliphatic carbocycles. The van der Waals surface area contributed by atoms with E-state index in [1.807, 2.05) is 38.0 Å². The van der Waals surface area contributed by atoms with Crippen molar-refractivity contribution in [3.63, 3.8) is 0 Å². The molecular formula is C17H27N3O2S. The van der Waals surface area contributed by atoms with E-state index in [1.54, 1.807) is 11.3 Å². The van der Waals surface area contributed by atoms with Gasteiger partial charge in [0.2, 0.25) is 11.8 Å². The number of piperidine rings is 1. The van der Waals surface area contributed by atoms with Crippen LogP contribution in [0.15, 0.2) is 5.38 Å². The van der Waals surface area contributed by atoms with Crippen LogP contribution in [-0.4, -0.2) is 34.8 Å². The van der Waals surface area contributed by atoms with Crippen LogP contribution in [0.4, 0.5) is 0 Å². The molecule has 0 radical (unpaired) electrons. The summed E-state index contributed by atoms with van der Waals surface area (Å²) in [5.74, 6) is 0.640. The molecule has 1 N–H and O–H groups in total. The summed E-state index contributed by atoms with van der Waals surface area (Å²) < 4.78 is 0. The van der Waals surface area contributed by atoms with Gasteiger partial charge in [0.05, 0.1) is 17.2 Å². The Kier molecular flexibility index (Phi) is 6.16. The Bertz CT molecular complexity index is 554. The second-order valence-corrected chi connectivity index (χ2v) is 7.72. The van der Waals surface area contributed by atoms with Crippen molar-refractivity contribution in [1.82, 2.24) is 15.2 Å². The maximum absolute atomic E-state index is 12.2. The Hall–Kier alpha value is -1.43. The summed E-state index contributed by atoms with van der Waals surface area (Å²) in [6.45, 7) is 9.76. The Balaban J connectivity index is 1.94. The van der Waals surface area contributed by atoms with Gasteiger partial charge in [0.25, 0.3) is 0 Å². The van der Waals surface area contributed by atoms with Gasteiger partial charge in [0, 0.05) is 36.2 Å². The highest BCUT2D eigenvalue weighted by molar-refractivity contribution is 7.09. The molecule has 0 bridgehead atoms. The van der Waals surface area contributed by atoms with Gasteiger partial charge in [-0.3, -0.25) is 9.59 Å². The van der Waals surface area contributed by atoms with E-state index in [4.69, 9.17) is 0 Å². The number of carbonyl (C=O) groups excluding carboxylic acids is 2. The van der Waals surface area contributed by atoms with Crippen LogP contribution in [0.25, 0.3) is 0 Å². The third-order valence-electron chi connectivity index (χ3n) is 4.11. The molecule has 1 atom stereocenters. The van der Waals surface area contributed by atoms with Crippen molar-refractivity contribution in [2.75, 3.05) is 13.1 Å². The van der Waals surface area contributed by atoms with Crippen LogP contribution in [0.3, 0.4) is 0 Å². The van der Waals surface area contributed by atoms with Gasteiger partial charge in [-0.2, -0.15) is 0 Å². The molecular weight excluding hydrogens is 310 g/mol. The molecule has 1 aromatic rings. The highest BCUT2D eigenvalue weighted by Crippen LogP contribution is 2.29. The van der Waals surface area contributed by atoms with Crippen molar-refractivity contribution in [2.45, 2.75) is 53.0 Å². The van der Waals surface area contributed by atoms with Gasteiger partial charge in [-0.15, -0.1) is 11.3 Å². The minimum atomic E-state index is -0.0120. The lowest BCUT2D eigenvalue weighted by molar-refractivity contribution is -0.135. The fourth-order valence-electron chi connectivity index (χ4n) is 2.72. The number of hydrogen-bond acceptors (Lipinski definition) is 4. The molecule has 2 rings (SSSR count). The van der Waals surface area contributed by atoms with Crippen LogP contribution in [0.5, 0.6) is 0 Å². The van der Waals surface area contributed by atoms with Crippen LogP contribution in [0.2, 0.25) is 0 Å². The van der Waals surface area contributed by atoms with Gasteiger partial charge in [-0.05, 0) is 12.8 Å². The number of likely N-dealkylation sites (tertiary alicyclic amines) is 1. The van der Waals surface area contributed by atoms with Gasteiger partial charge < -0.3 is 10.2 Å². The summed E-state index contributed by atoms with van der Waals surface area (Å²) in [5, 5.41) is 5.99. The first kappa shape index (κ1) is 17.9. The fourth-order valence-corrected chi connectivity index (χ4v) is 3.66. The minimum absolute atomic E-state index is 0.0120. The van der Waals surface area contributed by atoms with Gasteiger partial charge >= 0.3 is 0 Å². The second kappa shape index (κ2) is 7.90. The first-order chi connectivity index (χ1) is 10.9. The smallest absolute Gasteiger partial charge is 0.225 e. The van der Waals surface area contributed by atoms with Crippen molar-refractivity contribution < 1.29 is 9.59 Å². The molecule has 1 aliphatic heterocycles. The van der Waals surface area contributed by atoms with E-state index in [-0.39, 0.29) is 23.7 Å². The maximum Gasteiger partial charge on any atom is 0.225 e. The lowest BCUT2D eigenvalue weighted by atomic mass is 9.97. The Labute approximate surface area is 142 Å². The van der Waals surface area contributed by atoms with Crippen LogP contribution in [-0.2, 0) is 16.1 Å². The van der Waals surface area contributed by atoms with Crippen molar-refractivity contribution in [2.24, 2.45) is 11.8 Å². The molecule has 0 unspecified atom stereocenters. The quantitative estimate of drug-likeness (QED) is 0.898. The average molecular weight is 337 g/mol. The number of thiazole rings is 1. The maximum atomic E-state index is 12.2. The Morgan fingerprint density at radius 3 is 2.74 bits per heavy atom. The third kappa shape index (κ3) is 4.77. The van der Waals surface area contributed by atoms with Crippen LogP contribution >= 0.6 is 11.3 Å². The SMILES string of the molecule is CC(C)C(=O)NCc1csc([C@@H]2CCCN(C(=O)C(C)C)C2)n1. The topological polar surface area (TPSA) is 62.3 Å². The summed E-state index contributed by atoms with van der Waals surface area (Å²) in [6.07, 6.45) is 2.11. The predicted octanol–water partition coefficient (Wildman–Crippen LogP) is 2.78. The number of carbonyl (C=O) groups is 2. The van der Waals surface area contributed by atoms with Crippen LogP contribution in [0.1, 0.15) is 57.2 Å². The molecule has 23 heavy (non-hydrogen) atoms. The first-order valence-corrected chi connectivity index (χ1v) is 9.27. The van der Waals surface area contributed by atoms with Gasteiger partial charge in [0.15, 0.2) is 0 Å². The van der Waals surface area contributed by atoms with E-state index in [0.717, 1.165) is 36.6 Å². The number of hydrogen-bond donors (Lipinski definition) is 1. The normalized spacial score (nSPS) is 18.5. The summed E-state index contributed by atoms with van der Waals surface area (Å²) in [5.41, 5.74) is 0.909. The van der Waals surface area contributed by atoms with E-state index in [2.05, 4.69) is 10.3 Å². The van der Waals surface area contributed by atoms with Gasteiger partial charge in [-0.1, -0.05) is 27.7 Å². The Morgan fingerprint density at radius 1 is 1.35 bits per heavy atom. The molecule has 5 nitrogen and oxygen atoms in total. The number of nitrogens with one attached hydrogen (secondary N) is 1. The average Bonchev–Trinajstić information content (AvgIpc) is 3.00. The number of aromatic nitrogens is 1. The monoisotopic (exact) mass is 337 g/mol. The van der Waals surface area contributed by atoms with Crippen molar-refractivity contribution in [1.29, 1.82) is 0 Å². The van der Waals surface area contributed by atoms with E-state index in [0.29, 0.717) is 12.5 Å². The molecule has 1 aliphatic rings. The van der Waals surface area contributed by atoms with Gasteiger partial charge in [0.1, 0.15) is 0 Å². The summed E-state index contributed by atoms with van der Waals surface area (Å²) in [4.78, 5) is 30.5. The number of nitrogens with zero attached hydrogens (tertiary/aromatic N) is 2. The standard InChI is InChI=1S/C17H27N3O2S/c1-11(2)15(21)18-8-14-10-23-16(19-14)13-6-5-7-20(9-13)17(22)12(3)4/h10-13H,5-9H2,1-4H3,(H,18,21)/t13-/m1/s1. The zero-order valence-corrected chi connectivity index (χ0v) is 15.3. The molecule has 2 heterocycles. The number of rotatable bonds is 5. The lowest BCUT2D eigenvalue weighted by Crippen LogP contribution is -2.41. The molecule has 128 valence electrons. The van der Waals surface area contributed by atoms with Crippen molar-refractivity contribution in [3.8, 4) is 0 Å². The second-order valence-electron chi connectivity index (χ2n) is 6.83. The van der Waals surface area contributed by atoms with Gasteiger partial charge in [-0.25, -0.2) is 4.98 Å². The molecule has 6 heteroatoms. The van der Waals surface area contributed by atoms with E-state index < -0.39 is 0 Å². The Morgan fingerprint density at radius 2 is 2.09 bits per heavy atom. The summed E-state index contributed by atoms with van der Waals surface area (Å²) in [7, 11) is 0. The molecule has 1 aromatic heterocycles. The van der Waals surface area contributed by atoms with Crippen molar-refractivity contribution >= 4 is 23.2 Å². The molecule has 0 aromatic carbocycles. The highest BCUT2D eigenvalue weighted by atomic mass is 32.1. The molecule has 0 spiro atoms. The minimum Gasteiger partial charge on any atom is -0.350 e. The largest absolute Gasteiger partial charge is 0.350 e. The van der Waals surface area contributed by atoms with Crippen molar-refractivity contribution in [3.05, 3.63) is 16.1 Å². The van der Waals surface area contributed by atoms with Crippen LogP contribution in [0, 0.1) is 11.8 Å². The predicted molar refractivity (Wildman–Crippen MR) is 92.2 cm³/mol. The van der Waals surface area contributed by atoms with E-state index >= 15 is 0 Å². The summed E-state index contributed by atoms with van der Waals surface area (Å²) in [6, 6.07) is 0. The lowest BCUT2D eigenvalue weighted by Gasteiger charge is -2.33. The zero-order valence-electron chi connectivity index (χ0n) is 14.5. The zero-order chi connectivity index (χ0) is 17.0. The first-order valence-electron chi connectivity index (χ1n) is 8.39. The van der Waals surface area contributed by atoms with Crippen LogP contribution < -0.4 is 5.32 Å².